The van der Waals surface area contributed by atoms with Crippen LogP contribution in [0.4, 0.5) is 5.69 Å². The molecule has 120 valence electrons. The number of amides is 1. The second-order valence-corrected chi connectivity index (χ2v) is 5.48. The minimum atomic E-state index is -0.819. The fraction of sp³-hybridized carbons (Fsp3) is 0.500. The lowest BCUT2D eigenvalue weighted by Crippen LogP contribution is -2.32. The summed E-state index contributed by atoms with van der Waals surface area (Å²) in [4.78, 5) is 25.1. The Kier molecular flexibility index (Phi) is 4.90. The highest BCUT2D eigenvalue weighted by molar-refractivity contribution is 5.96. The second kappa shape index (κ2) is 6.68. The van der Waals surface area contributed by atoms with Gasteiger partial charge in [-0.05, 0) is 31.4 Å². The highest BCUT2D eigenvalue weighted by atomic mass is 16.5. The molecule has 0 heterocycles. The molecule has 0 aromatic heterocycles. The van der Waals surface area contributed by atoms with E-state index in [1.54, 1.807) is 32.4 Å². The van der Waals surface area contributed by atoms with Crippen LogP contribution < -0.4 is 14.4 Å². The molecule has 0 spiro atoms. The lowest BCUT2D eigenvalue weighted by molar-refractivity contribution is -0.141. The van der Waals surface area contributed by atoms with Crippen molar-refractivity contribution in [3.63, 3.8) is 0 Å². The third-order valence-electron chi connectivity index (χ3n) is 4.21. The van der Waals surface area contributed by atoms with Gasteiger partial charge in [0.15, 0.2) is 0 Å². The molecule has 2 atom stereocenters. The summed E-state index contributed by atoms with van der Waals surface area (Å²) >= 11 is 0. The van der Waals surface area contributed by atoms with E-state index in [0.717, 1.165) is 0 Å². The van der Waals surface area contributed by atoms with Crippen LogP contribution in [0.25, 0.3) is 0 Å². The van der Waals surface area contributed by atoms with E-state index in [2.05, 4.69) is 0 Å². The van der Waals surface area contributed by atoms with Crippen molar-refractivity contribution < 1.29 is 24.2 Å². The Hall–Kier alpha value is -2.24. The van der Waals surface area contributed by atoms with E-state index in [0.29, 0.717) is 36.4 Å². The molecule has 1 aliphatic carbocycles. The molecule has 6 nitrogen and oxygen atoms in total. The highest BCUT2D eigenvalue weighted by Gasteiger charge is 2.35. The van der Waals surface area contributed by atoms with Crippen molar-refractivity contribution in [2.45, 2.75) is 19.3 Å². The topological polar surface area (TPSA) is 76.1 Å². The molecule has 1 fully saturated rings. The number of carboxylic acid groups (broad SMARTS) is 1. The van der Waals surface area contributed by atoms with Crippen LogP contribution in [-0.4, -0.2) is 38.3 Å². The van der Waals surface area contributed by atoms with Gasteiger partial charge in [-0.15, -0.1) is 0 Å². The van der Waals surface area contributed by atoms with E-state index in [-0.39, 0.29) is 11.8 Å². The van der Waals surface area contributed by atoms with Crippen LogP contribution in [0.2, 0.25) is 0 Å². The summed E-state index contributed by atoms with van der Waals surface area (Å²) in [5, 5.41) is 9.05. The molecule has 1 aliphatic rings. The smallest absolute Gasteiger partial charge is 0.306 e. The maximum absolute atomic E-state index is 12.6. The fourth-order valence-electron chi connectivity index (χ4n) is 2.88. The first-order chi connectivity index (χ1) is 10.5. The standard InChI is InChI=1S/C16H21NO5/c1-17(13-7-6-12(21-2)9-14(13)22-3)15(18)10-4-5-11(8-10)16(19)20/h6-7,9-11H,4-5,8H2,1-3H3,(H,19,20)/t10-,11+/m1/s1. The van der Waals surface area contributed by atoms with E-state index in [1.165, 1.54) is 12.0 Å². The Labute approximate surface area is 129 Å². The molecule has 0 aliphatic heterocycles. The number of aliphatic carboxylic acids is 1. The number of hydrogen-bond donors (Lipinski definition) is 1. The first kappa shape index (κ1) is 16.1. The third kappa shape index (κ3) is 3.16. The summed E-state index contributed by atoms with van der Waals surface area (Å²) in [5.74, 6) is -0.374. The normalized spacial score (nSPS) is 20.5. The monoisotopic (exact) mass is 307 g/mol. The summed E-state index contributed by atoms with van der Waals surface area (Å²) < 4.78 is 10.5. The largest absolute Gasteiger partial charge is 0.497 e. The number of carboxylic acids is 1. The van der Waals surface area contributed by atoms with Crippen LogP contribution in [0, 0.1) is 11.8 Å². The summed E-state index contributed by atoms with van der Waals surface area (Å²) in [6.45, 7) is 0. The predicted octanol–water partition coefficient (Wildman–Crippen LogP) is 2.17. The molecule has 6 heteroatoms. The molecule has 2 rings (SSSR count). The zero-order valence-electron chi connectivity index (χ0n) is 13.0. The van der Waals surface area contributed by atoms with Gasteiger partial charge in [0.2, 0.25) is 5.91 Å². The maximum atomic E-state index is 12.6. The molecule has 0 saturated heterocycles. The molecular formula is C16H21NO5. The quantitative estimate of drug-likeness (QED) is 0.902. The average Bonchev–Trinajstić information content (AvgIpc) is 3.03. The molecule has 22 heavy (non-hydrogen) atoms. The summed E-state index contributed by atoms with van der Waals surface area (Å²) in [5.41, 5.74) is 0.645. The molecule has 1 saturated carbocycles. The average molecular weight is 307 g/mol. The minimum Gasteiger partial charge on any atom is -0.497 e. The van der Waals surface area contributed by atoms with Crippen LogP contribution in [0.5, 0.6) is 11.5 Å². The lowest BCUT2D eigenvalue weighted by atomic mass is 10.0. The molecule has 1 amide bonds. The predicted molar refractivity (Wildman–Crippen MR) is 81.4 cm³/mol. The van der Waals surface area contributed by atoms with Gasteiger partial charge in [-0.2, -0.15) is 0 Å². The van der Waals surface area contributed by atoms with E-state index >= 15 is 0 Å². The fourth-order valence-corrected chi connectivity index (χ4v) is 2.88. The minimum absolute atomic E-state index is 0.0767. The second-order valence-electron chi connectivity index (χ2n) is 5.48. The van der Waals surface area contributed by atoms with Crippen molar-refractivity contribution in [1.29, 1.82) is 0 Å². The first-order valence-electron chi connectivity index (χ1n) is 7.20. The Bertz CT molecular complexity index is 572. The number of hydrogen-bond acceptors (Lipinski definition) is 4. The van der Waals surface area contributed by atoms with Gasteiger partial charge >= 0.3 is 5.97 Å². The van der Waals surface area contributed by atoms with Crippen LogP contribution in [0.15, 0.2) is 18.2 Å². The van der Waals surface area contributed by atoms with Crippen molar-refractivity contribution in [3.05, 3.63) is 18.2 Å². The van der Waals surface area contributed by atoms with Crippen LogP contribution in [-0.2, 0) is 9.59 Å². The number of carbonyl (C=O) groups is 2. The molecular weight excluding hydrogens is 286 g/mol. The summed E-state index contributed by atoms with van der Waals surface area (Å²) in [7, 11) is 4.78. The van der Waals surface area contributed by atoms with Crippen LogP contribution in [0.3, 0.4) is 0 Å². The van der Waals surface area contributed by atoms with Crippen LogP contribution >= 0.6 is 0 Å². The van der Waals surface area contributed by atoms with E-state index < -0.39 is 11.9 Å². The van der Waals surface area contributed by atoms with Gasteiger partial charge in [-0.25, -0.2) is 0 Å². The van der Waals surface area contributed by atoms with Gasteiger partial charge in [-0.3, -0.25) is 9.59 Å². The highest BCUT2D eigenvalue weighted by Crippen LogP contribution is 2.36. The van der Waals surface area contributed by atoms with Gasteiger partial charge < -0.3 is 19.5 Å². The number of nitrogens with zero attached hydrogens (tertiary/aromatic N) is 1. The molecule has 1 aromatic rings. The molecule has 1 aromatic carbocycles. The van der Waals surface area contributed by atoms with E-state index in [9.17, 15) is 9.59 Å². The maximum Gasteiger partial charge on any atom is 0.306 e. The summed E-state index contributed by atoms with van der Waals surface area (Å²) in [6, 6.07) is 5.24. The number of ether oxygens (including phenoxy) is 2. The number of rotatable bonds is 5. The third-order valence-corrected chi connectivity index (χ3v) is 4.21. The molecule has 0 radical (unpaired) electrons. The van der Waals surface area contributed by atoms with Gasteiger partial charge in [0.1, 0.15) is 11.5 Å². The molecule has 1 N–H and O–H groups in total. The Morgan fingerprint density at radius 3 is 2.41 bits per heavy atom. The first-order valence-corrected chi connectivity index (χ1v) is 7.20. The Morgan fingerprint density at radius 1 is 1.18 bits per heavy atom. The van der Waals surface area contributed by atoms with E-state index in [1.807, 2.05) is 0 Å². The number of methoxy groups -OCH3 is 2. The zero-order chi connectivity index (χ0) is 16.3. The number of anilines is 1. The van der Waals surface area contributed by atoms with Crippen LogP contribution in [0.1, 0.15) is 19.3 Å². The van der Waals surface area contributed by atoms with Crippen molar-refractivity contribution >= 4 is 17.6 Å². The number of benzene rings is 1. The van der Waals surface area contributed by atoms with Crippen molar-refractivity contribution in [3.8, 4) is 11.5 Å². The lowest BCUT2D eigenvalue weighted by Gasteiger charge is -2.23. The van der Waals surface area contributed by atoms with Crippen molar-refractivity contribution in [2.24, 2.45) is 11.8 Å². The van der Waals surface area contributed by atoms with Crippen molar-refractivity contribution in [1.82, 2.24) is 0 Å². The zero-order valence-corrected chi connectivity index (χ0v) is 13.0. The SMILES string of the molecule is COc1ccc(N(C)C(=O)[C@@H]2CC[C@H](C(=O)O)C2)c(OC)c1. The molecule has 0 unspecified atom stereocenters. The Balaban J connectivity index is 2.16. The van der Waals surface area contributed by atoms with E-state index in [4.69, 9.17) is 14.6 Å². The van der Waals surface area contributed by atoms with Crippen molar-refractivity contribution in [2.75, 3.05) is 26.2 Å². The Morgan fingerprint density at radius 2 is 1.86 bits per heavy atom. The summed E-state index contributed by atoms with van der Waals surface area (Å²) in [6.07, 6.45) is 1.56. The van der Waals surface area contributed by atoms with Gasteiger partial charge in [-0.1, -0.05) is 0 Å². The van der Waals surface area contributed by atoms with Gasteiger partial charge in [0, 0.05) is 19.0 Å². The van der Waals surface area contributed by atoms with Gasteiger partial charge in [0.05, 0.1) is 25.8 Å². The molecule has 0 bridgehead atoms. The number of carbonyl (C=O) groups excluding carboxylic acids is 1. The van der Waals surface area contributed by atoms with Gasteiger partial charge in [0.25, 0.3) is 0 Å².